The molecule has 3 heteroatoms. The fourth-order valence-corrected chi connectivity index (χ4v) is 4.79. The number of hydrogen-bond acceptors (Lipinski definition) is 2. The Kier molecular flexibility index (Phi) is 5.64. The number of aldehydes is 2. The molecular weight excluding hydrogens is 267 g/mol. The van der Waals surface area contributed by atoms with Crippen molar-refractivity contribution in [3.8, 4) is 0 Å². The van der Waals surface area contributed by atoms with Gasteiger partial charge in [-0.1, -0.05) is 60.7 Å². The van der Waals surface area contributed by atoms with Gasteiger partial charge in [0, 0.05) is 12.1 Å². The lowest BCUT2D eigenvalue weighted by atomic mass is 10.2. The summed E-state index contributed by atoms with van der Waals surface area (Å²) in [5, 5.41) is 2.35. The first-order valence-corrected chi connectivity index (χ1v) is 8.06. The molecule has 0 saturated carbocycles. The maximum atomic E-state index is 11.5. The Labute approximate surface area is 120 Å². The summed E-state index contributed by atoms with van der Waals surface area (Å²) in [6, 6.07) is 20.2. The van der Waals surface area contributed by atoms with Crippen molar-refractivity contribution in [3.63, 3.8) is 0 Å². The van der Waals surface area contributed by atoms with Crippen LogP contribution >= 0.6 is 7.92 Å². The fourth-order valence-electron chi connectivity index (χ4n) is 2.21. The molecule has 0 heterocycles. The first-order valence-electron chi connectivity index (χ1n) is 6.65. The second-order valence-electron chi connectivity index (χ2n) is 4.49. The zero-order valence-electron chi connectivity index (χ0n) is 11.2. The summed E-state index contributed by atoms with van der Waals surface area (Å²) in [6.07, 6.45) is 2.94. The van der Waals surface area contributed by atoms with Crippen LogP contribution < -0.4 is 10.6 Å². The molecule has 0 aromatic heterocycles. The van der Waals surface area contributed by atoms with E-state index in [4.69, 9.17) is 0 Å². The molecule has 0 aliphatic carbocycles. The van der Waals surface area contributed by atoms with Crippen molar-refractivity contribution >= 4 is 31.1 Å². The highest BCUT2D eigenvalue weighted by Crippen LogP contribution is 2.40. The molecule has 0 N–H and O–H groups in total. The quantitative estimate of drug-likeness (QED) is 0.578. The summed E-state index contributed by atoms with van der Waals surface area (Å²) in [6.45, 7) is 0. The van der Waals surface area contributed by atoms with Crippen molar-refractivity contribution in [2.75, 3.05) is 0 Å². The molecule has 0 bridgehead atoms. The fraction of sp³-hybridized carbons (Fsp3) is 0.176. The van der Waals surface area contributed by atoms with E-state index in [9.17, 15) is 9.59 Å². The predicted octanol–water partition coefficient (Wildman–Crippen LogP) is 2.67. The summed E-state index contributed by atoms with van der Waals surface area (Å²) >= 11 is 0. The molecule has 0 aliphatic heterocycles. The lowest BCUT2D eigenvalue weighted by Crippen LogP contribution is -2.23. The Balaban J connectivity index is 2.38. The minimum absolute atomic E-state index is 0.111. The van der Waals surface area contributed by atoms with Crippen LogP contribution in [0.4, 0.5) is 0 Å². The average molecular weight is 284 g/mol. The number of carbonyl (C=O) groups excluding carboxylic acids is 2. The smallest absolute Gasteiger partial charge is 0.127 e. The van der Waals surface area contributed by atoms with Crippen LogP contribution in [0, 0.1) is 0 Å². The monoisotopic (exact) mass is 284 g/mol. The molecule has 102 valence electrons. The summed E-state index contributed by atoms with van der Waals surface area (Å²) in [7, 11) is -0.753. The van der Waals surface area contributed by atoms with Crippen molar-refractivity contribution in [3.05, 3.63) is 60.7 Å². The number of hydrogen-bond donors (Lipinski definition) is 0. The molecule has 20 heavy (non-hydrogen) atoms. The second kappa shape index (κ2) is 7.72. The molecule has 0 fully saturated rings. The van der Waals surface area contributed by atoms with Gasteiger partial charge in [0.2, 0.25) is 0 Å². The van der Waals surface area contributed by atoms with Gasteiger partial charge >= 0.3 is 0 Å². The highest BCUT2D eigenvalue weighted by molar-refractivity contribution is 7.74. The third-order valence-corrected chi connectivity index (χ3v) is 5.89. The molecule has 1 atom stereocenters. The van der Waals surface area contributed by atoms with Crippen LogP contribution in [0.2, 0.25) is 0 Å². The van der Waals surface area contributed by atoms with Gasteiger partial charge in [0.05, 0.1) is 0 Å². The lowest BCUT2D eigenvalue weighted by molar-refractivity contribution is -0.108. The number of rotatable bonds is 7. The maximum absolute atomic E-state index is 11.5. The van der Waals surface area contributed by atoms with Gasteiger partial charge in [-0.15, -0.1) is 0 Å². The van der Waals surface area contributed by atoms with Crippen molar-refractivity contribution in [2.24, 2.45) is 0 Å². The predicted molar refractivity (Wildman–Crippen MR) is 84.2 cm³/mol. The van der Waals surface area contributed by atoms with Gasteiger partial charge in [-0.05, 0) is 25.0 Å². The van der Waals surface area contributed by atoms with Crippen molar-refractivity contribution in [2.45, 2.75) is 18.5 Å². The number of benzene rings is 2. The zero-order chi connectivity index (χ0) is 14.2. The van der Waals surface area contributed by atoms with Gasteiger partial charge in [0.1, 0.15) is 12.6 Å². The Bertz CT molecular complexity index is 500. The van der Waals surface area contributed by atoms with Crippen LogP contribution in [0.3, 0.4) is 0 Å². The minimum Gasteiger partial charge on any atom is -0.303 e. The third kappa shape index (κ3) is 3.61. The van der Waals surface area contributed by atoms with Crippen molar-refractivity contribution < 1.29 is 9.59 Å². The summed E-state index contributed by atoms with van der Waals surface area (Å²) in [5.41, 5.74) is -0.111. The highest BCUT2D eigenvalue weighted by atomic mass is 31.1. The maximum Gasteiger partial charge on any atom is 0.127 e. The highest BCUT2D eigenvalue weighted by Gasteiger charge is 2.23. The molecule has 2 aromatic carbocycles. The largest absolute Gasteiger partial charge is 0.303 e. The van der Waals surface area contributed by atoms with Crippen LogP contribution in [0.5, 0.6) is 0 Å². The average Bonchev–Trinajstić information content (AvgIpc) is 2.53. The van der Waals surface area contributed by atoms with Gasteiger partial charge in [-0.2, -0.15) is 0 Å². The van der Waals surface area contributed by atoms with E-state index < -0.39 is 7.92 Å². The minimum atomic E-state index is -0.753. The molecule has 2 rings (SSSR count). The Morgan fingerprint density at radius 2 is 1.35 bits per heavy atom. The second-order valence-corrected chi connectivity index (χ2v) is 6.92. The standard InChI is InChI=1S/C17H17O2P/c18-13-7-12-17(14-19)20(15-8-3-1-4-9-15)16-10-5-2-6-11-16/h1-6,8-11,13-14,17H,7,12H2. The Morgan fingerprint density at radius 1 is 0.850 bits per heavy atom. The first kappa shape index (κ1) is 14.6. The van der Waals surface area contributed by atoms with Gasteiger partial charge in [-0.3, -0.25) is 0 Å². The summed E-state index contributed by atoms with van der Waals surface area (Å²) in [4.78, 5) is 22.1. The molecule has 0 amide bonds. The molecule has 0 saturated heterocycles. The number of carbonyl (C=O) groups is 2. The van der Waals surface area contributed by atoms with E-state index in [2.05, 4.69) is 24.3 Å². The summed E-state index contributed by atoms with van der Waals surface area (Å²) in [5.74, 6) is 0. The lowest BCUT2D eigenvalue weighted by Gasteiger charge is -2.24. The van der Waals surface area contributed by atoms with Crippen LogP contribution in [-0.2, 0) is 9.59 Å². The molecule has 0 spiro atoms. The van der Waals surface area contributed by atoms with E-state index in [-0.39, 0.29) is 5.66 Å². The van der Waals surface area contributed by atoms with E-state index in [1.807, 2.05) is 36.4 Å². The van der Waals surface area contributed by atoms with Crippen LogP contribution in [0.15, 0.2) is 60.7 Å². The third-order valence-electron chi connectivity index (χ3n) is 3.14. The first-order chi connectivity index (χ1) is 9.86. The molecular formula is C17H17O2P. The SMILES string of the molecule is O=CCCC(C=O)P(c1ccccc1)c1ccccc1. The Morgan fingerprint density at radius 3 is 1.75 bits per heavy atom. The topological polar surface area (TPSA) is 34.1 Å². The van der Waals surface area contributed by atoms with Gasteiger partial charge in [0.25, 0.3) is 0 Å². The summed E-state index contributed by atoms with van der Waals surface area (Å²) < 4.78 is 0. The van der Waals surface area contributed by atoms with Gasteiger partial charge in [0.15, 0.2) is 0 Å². The normalized spacial score (nSPS) is 12.1. The molecule has 2 aromatic rings. The molecule has 1 unspecified atom stereocenters. The van der Waals surface area contributed by atoms with Crippen LogP contribution in [-0.4, -0.2) is 18.2 Å². The van der Waals surface area contributed by atoms with E-state index >= 15 is 0 Å². The van der Waals surface area contributed by atoms with E-state index in [0.29, 0.717) is 12.8 Å². The van der Waals surface area contributed by atoms with E-state index in [1.54, 1.807) is 0 Å². The Hall–Kier alpha value is -1.79. The van der Waals surface area contributed by atoms with Crippen LogP contribution in [0.25, 0.3) is 0 Å². The van der Waals surface area contributed by atoms with Crippen LogP contribution in [0.1, 0.15) is 12.8 Å². The van der Waals surface area contributed by atoms with Gasteiger partial charge < -0.3 is 9.59 Å². The molecule has 0 aliphatic rings. The molecule has 0 radical (unpaired) electrons. The van der Waals surface area contributed by atoms with E-state index in [0.717, 1.165) is 12.6 Å². The zero-order valence-corrected chi connectivity index (χ0v) is 12.1. The van der Waals surface area contributed by atoms with Crippen molar-refractivity contribution in [1.82, 2.24) is 0 Å². The van der Waals surface area contributed by atoms with E-state index in [1.165, 1.54) is 10.6 Å². The van der Waals surface area contributed by atoms with Gasteiger partial charge in [-0.25, -0.2) is 0 Å². The molecule has 2 nitrogen and oxygen atoms in total. The van der Waals surface area contributed by atoms with Crippen molar-refractivity contribution in [1.29, 1.82) is 0 Å².